The van der Waals surface area contributed by atoms with E-state index in [0.717, 1.165) is 29.0 Å². The van der Waals surface area contributed by atoms with E-state index in [1.807, 2.05) is 22.2 Å². The standard InChI is InChI=1S/C24H30N6OS/c1-3-4-5-6-11-30-14-17(13-27-30)24(2)12-18(20-10-9-19(32-20)16-7-8-16)21(23(31)28-24)22-25-15-26-29-22/h9-10,13-16H,3-8,11-12H2,1-2H3,(H,28,31)(H,25,26,29)/t24-/m0/s1. The smallest absolute Gasteiger partial charge is 0.256 e. The summed E-state index contributed by atoms with van der Waals surface area (Å²) in [6, 6.07) is 4.39. The Morgan fingerprint density at radius 3 is 2.88 bits per heavy atom. The van der Waals surface area contributed by atoms with Crippen LogP contribution in [0.1, 0.15) is 85.9 Å². The third-order valence-corrected chi connectivity index (χ3v) is 7.82. The van der Waals surface area contributed by atoms with E-state index >= 15 is 0 Å². The molecule has 4 heterocycles. The Morgan fingerprint density at radius 1 is 1.25 bits per heavy atom. The molecule has 1 saturated carbocycles. The first-order valence-corrected chi connectivity index (χ1v) is 12.4. The third-order valence-electron chi connectivity index (χ3n) is 6.52. The van der Waals surface area contributed by atoms with Crippen LogP contribution >= 0.6 is 11.3 Å². The molecule has 2 aliphatic rings. The van der Waals surface area contributed by atoms with Crippen LogP contribution in [0.25, 0.3) is 11.1 Å². The molecule has 0 spiro atoms. The number of aromatic nitrogens is 5. The van der Waals surface area contributed by atoms with Gasteiger partial charge in [-0.05, 0) is 49.8 Å². The topological polar surface area (TPSA) is 88.5 Å². The fourth-order valence-electron chi connectivity index (χ4n) is 4.47. The molecule has 5 rings (SSSR count). The Bertz CT molecular complexity index is 1120. The van der Waals surface area contributed by atoms with Crippen molar-refractivity contribution in [2.45, 2.75) is 76.8 Å². The van der Waals surface area contributed by atoms with Gasteiger partial charge in [-0.1, -0.05) is 26.2 Å². The molecule has 1 amide bonds. The molecule has 2 N–H and O–H groups in total. The minimum atomic E-state index is -0.526. The SMILES string of the molecule is CCCCCCn1cc([C@]2(C)CC(c3ccc(C4CC4)s3)=C(c3nnc[nH]3)C(=O)N2)cn1. The number of carbonyl (C=O) groups excluding carboxylic acids is 1. The van der Waals surface area contributed by atoms with Gasteiger partial charge in [0, 0.05) is 34.5 Å². The van der Waals surface area contributed by atoms with Crippen molar-refractivity contribution in [3.63, 3.8) is 0 Å². The molecule has 0 radical (unpaired) electrons. The Labute approximate surface area is 192 Å². The quantitative estimate of drug-likeness (QED) is 0.455. The molecule has 168 valence electrons. The minimum absolute atomic E-state index is 0.123. The van der Waals surface area contributed by atoms with Crippen LogP contribution in [-0.2, 0) is 16.9 Å². The maximum atomic E-state index is 13.4. The van der Waals surface area contributed by atoms with Crippen LogP contribution in [-0.4, -0.2) is 30.9 Å². The van der Waals surface area contributed by atoms with E-state index in [1.54, 1.807) is 0 Å². The van der Waals surface area contributed by atoms with Crippen LogP contribution < -0.4 is 5.32 Å². The fourth-order valence-corrected chi connectivity index (χ4v) is 5.70. The van der Waals surface area contributed by atoms with Crippen LogP contribution in [0.5, 0.6) is 0 Å². The second-order valence-corrected chi connectivity index (χ2v) is 10.3. The normalized spacial score (nSPS) is 21.2. The summed E-state index contributed by atoms with van der Waals surface area (Å²) in [5.41, 5.74) is 2.13. The van der Waals surface area contributed by atoms with E-state index in [1.165, 1.54) is 43.3 Å². The van der Waals surface area contributed by atoms with Crippen molar-refractivity contribution in [2.75, 3.05) is 0 Å². The number of rotatable bonds is 9. The molecule has 8 heteroatoms. The molecular formula is C24H30N6OS. The lowest BCUT2D eigenvalue weighted by atomic mass is 9.81. The minimum Gasteiger partial charge on any atom is -0.342 e. The highest BCUT2D eigenvalue weighted by molar-refractivity contribution is 7.13. The number of hydrogen-bond donors (Lipinski definition) is 2. The number of thiophene rings is 1. The number of carbonyl (C=O) groups is 1. The van der Waals surface area contributed by atoms with Gasteiger partial charge in [-0.15, -0.1) is 21.5 Å². The zero-order valence-corrected chi connectivity index (χ0v) is 19.5. The first-order valence-electron chi connectivity index (χ1n) is 11.6. The molecule has 0 bridgehead atoms. The summed E-state index contributed by atoms with van der Waals surface area (Å²) in [7, 11) is 0. The van der Waals surface area contributed by atoms with E-state index < -0.39 is 5.54 Å². The van der Waals surface area contributed by atoms with Crippen LogP contribution in [0.3, 0.4) is 0 Å². The molecule has 0 aromatic carbocycles. The summed E-state index contributed by atoms with van der Waals surface area (Å²) >= 11 is 1.81. The molecule has 7 nitrogen and oxygen atoms in total. The Balaban J connectivity index is 1.46. The Morgan fingerprint density at radius 2 is 2.12 bits per heavy atom. The van der Waals surface area contributed by atoms with Gasteiger partial charge in [0.25, 0.3) is 5.91 Å². The zero-order valence-electron chi connectivity index (χ0n) is 18.7. The molecule has 1 fully saturated rings. The van der Waals surface area contributed by atoms with Gasteiger partial charge in [-0.3, -0.25) is 9.48 Å². The monoisotopic (exact) mass is 450 g/mol. The van der Waals surface area contributed by atoms with Crippen LogP contribution in [0, 0.1) is 0 Å². The van der Waals surface area contributed by atoms with Gasteiger partial charge in [0.2, 0.25) is 0 Å². The lowest BCUT2D eigenvalue weighted by Crippen LogP contribution is -2.47. The lowest BCUT2D eigenvalue weighted by molar-refractivity contribution is -0.117. The van der Waals surface area contributed by atoms with E-state index in [9.17, 15) is 4.79 Å². The Kier molecular flexibility index (Phi) is 5.71. The van der Waals surface area contributed by atoms with Gasteiger partial charge in [-0.25, -0.2) is 0 Å². The summed E-state index contributed by atoms with van der Waals surface area (Å²) in [5.74, 6) is 1.09. The Hall–Kier alpha value is -2.74. The number of amides is 1. The van der Waals surface area contributed by atoms with E-state index in [2.05, 4.69) is 57.8 Å². The highest BCUT2D eigenvalue weighted by atomic mass is 32.1. The van der Waals surface area contributed by atoms with E-state index in [0.29, 0.717) is 23.7 Å². The van der Waals surface area contributed by atoms with Crippen molar-refractivity contribution in [3.8, 4) is 0 Å². The molecule has 3 aromatic rings. The zero-order chi connectivity index (χ0) is 22.1. The molecule has 1 aliphatic heterocycles. The average Bonchev–Trinajstić information content (AvgIpc) is 3.19. The van der Waals surface area contributed by atoms with Gasteiger partial charge in [-0.2, -0.15) is 5.10 Å². The first-order chi connectivity index (χ1) is 15.6. The summed E-state index contributed by atoms with van der Waals surface area (Å²) < 4.78 is 2.01. The van der Waals surface area contributed by atoms with Crippen molar-refractivity contribution in [1.29, 1.82) is 0 Å². The number of unbranched alkanes of at least 4 members (excludes halogenated alkanes) is 3. The van der Waals surface area contributed by atoms with Gasteiger partial charge in [0.1, 0.15) is 6.33 Å². The van der Waals surface area contributed by atoms with Gasteiger partial charge < -0.3 is 10.3 Å². The predicted octanol–water partition coefficient (Wildman–Crippen LogP) is 4.87. The lowest BCUT2D eigenvalue weighted by Gasteiger charge is -2.36. The number of nitrogens with zero attached hydrogens (tertiary/aromatic N) is 4. The molecule has 32 heavy (non-hydrogen) atoms. The summed E-state index contributed by atoms with van der Waals surface area (Å²) in [6.07, 6.45) is 13.6. The second kappa shape index (κ2) is 8.65. The maximum absolute atomic E-state index is 13.4. The number of nitrogens with one attached hydrogen (secondary N) is 2. The van der Waals surface area contributed by atoms with Crippen molar-refractivity contribution < 1.29 is 4.79 Å². The number of hydrogen-bond acceptors (Lipinski definition) is 5. The number of H-pyrrole nitrogens is 1. The highest BCUT2D eigenvalue weighted by Gasteiger charge is 2.40. The predicted molar refractivity (Wildman–Crippen MR) is 126 cm³/mol. The molecular weight excluding hydrogens is 420 g/mol. The summed E-state index contributed by atoms with van der Waals surface area (Å²) in [6.45, 7) is 5.22. The van der Waals surface area contributed by atoms with E-state index in [-0.39, 0.29) is 5.91 Å². The van der Waals surface area contributed by atoms with Crippen LogP contribution in [0.4, 0.5) is 0 Å². The number of aromatic amines is 1. The van der Waals surface area contributed by atoms with Crippen molar-refractivity contribution in [1.82, 2.24) is 30.3 Å². The van der Waals surface area contributed by atoms with Crippen LogP contribution in [0.2, 0.25) is 0 Å². The van der Waals surface area contributed by atoms with Crippen molar-refractivity contribution >= 4 is 28.4 Å². The second-order valence-electron chi connectivity index (χ2n) is 9.18. The van der Waals surface area contributed by atoms with Gasteiger partial charge >= 0.3 is 0 Å². The third kappa shape index (κ3) is 4.16. The average molecular weight is 451 g/mol. The molecule has 3 aromatic heterocycles. The fraction of sp³-hybridized carbons (Fsp3) is 0.500. The van der Waals surface area contributed by atoms with Crippen LogP contribution in [0.15, 0.2) is 30.9 Å². The van der Waals surface area contributed by atoms with Gasteiger partial charge in [0.05, 0.1) is 17.3 Å². The maximum Gasteiger partial charge on any atom is 0.256 e. The van der Waals surface area contributed by atoms with E-state index in [4.69, 9.17) is 0 Å². The van der Waals surface area contributed by atoms with Crippen molar-refractivity contribution in [3.05, 3.63) is 52.0 Å². The first kappa shape index (κ1) is 21.1. The molecule has 1 atom stereocenters. The summed E-state index contributed by atoms with van der Waals surface area (Å²) in [4.78, 5) is 19.0. The number of aryl methyl sites for hydroxylation is 1. The molecule has 0 unspecified atom stereocenters. The summed E-state index contributed by atoms with van der Waals surface area (Å²) in [5, 5.41) is 15.9. The molecule has 1 aliphatic carbocycles. The highest BCUT2D eigenvalue weighted by Crippen LogP contribution is 2.47. The van der Waals surface area contributed by atoms with Crippen molar-refractivity contribution in [2.24, 2.45) is 0 Å². The largest absolute Gasteiger partial charge is 0.342 e. The van der Waals surface area contributed by atoms with Gasteiger partial charge in [0.15, 0.2) is 5.82 Å². The molecule has 0 saturated heterocycles.